The Morgan fingerprint density at radius 1 is 0.969 bits per heavy atom. The molecule has 2 saturated heterocycles. The van der Waals surface area contributed by atoms with E-state index >= 15 is 0 Å². The molecule has 2 aliphatic rings. The van der Waals surface area contributed by atoms with Gasteiger partial charge in [-0.3, -0.25) is 19.3 Å². The maximum atomic E-state index is 13.3. The Morgan fingerprint density at radius 3 is 2.19 bits per heavy atom. The van der Waals surface area contributed by atoms with Gasteiger partial charge in [-0.15, -0.1) is 0 Å². The molecule has 2 fully saturated rings. The predicted molar refractivity (Wildman–Crippen MR) is 112 cm³/mol. The molecule has 0 aromatic heterocycles. The number of carbonyl (C=O) groups excluding carboxylic acids is 3. The van der Waals surface area contributed by atoms with Crippen molar-refractivity contribution in [2.24, 2.45) is 0 Å². The Bertz CT molecular complexity index is 991. The highest BCUT2D eigenvalue weighted by atomic mass is 19.1. The van der Waals surface area contributed by atoms with Crippen LogP contribution < -0.4 is 4.90 Å². The third kappa shape index (κ3) is 4.68. The number of benzene rings is 2. The molecule has 2 aromatic rings. The molecule has 168 valence electrons. The van der Waals surface area contributed by atoms with Gasteiger partial charge in [-0.2, -0.15) is 0 Å². The van der Waals surface area contributed by atoms with Crippen LogP contribution in [0.1, 0.15) is 16.8 Å². The van der Waals surface area contributed by atoms with E-state index in [9.17, 15) is 23.2 Å². The maximum Gasteiger partial charge on any atom is 0.257 e. The van der Waals surface area contributed by atoms with Gasteiger partial charge >= 0.3 is 0 Å². The van der Waals surface area contributed by atoms with E-state index in [0.717, 1.165) is 4.90 Å². The maximum absolute atomic E-state index is 13.3. The van der Waals surface area contributed by atoms with E-state index in [1.807, 2.05) is 0 Å². The lowest BCUT2D eigenvalue weighted by atomic mass is 10.1. The Labute approximate surface area is 184 Å². The van der Waals surface area contributed by atoms with Crippen LogP contribution in [-0.4, -0.2) is 73.0 Å². The van der Waals surface area contributed by atoms with Crippen LogP contribution in [0.15, 0.2) is 48.5 Å². The van der Waals surface area contributed by atoms with Crippen molar-refractivity contribution in [1.82, 2.24) is 9.80 Å². The number of nitrogens with zero attached hydrogens (tertiary/aromatic N) is 3. The third-order valence-corrected chi connectivity index (χ3v) is 5.70. The molecule has 0 bridgehead atoms. The molecular weight excluding hydrogens is 420 g/mol. The van der Waals surface area contributed by atoms with Gasteiger partial charge in [-0.05, 0) is 48.5 Å². The molecular formula is C23H23F2N3O4. The van der Waals surface area contributed by atoms with Crippen molar-refractivity contribution >= 4 is 23.4 Å². The van der Waals surface area contributed by atoms with Crippen LogP contribution >= 0.6 is 0 Å². The number of carbonyl (C=O) groups is 3. The van der Waals surface area contributed by atoms with Gasteiger partial charge in [0, 0.05) is 31.7 Å². The Kier molecular flexibility index (Phi) is 6.57. The number of hydrogen-bond acceptors (Lipinski definition) is 5. The van der Waals surface area contributed by atoms with Crippen molar-refractivity contribution in [2.75, 3.05) is 44.3 Å². The number of amides is 3. The highest BCUT2D eigenvalue weighted by Gasteiger charge is 2.44. The van der Waals surface area contributed by atoms with Crippen LogP contribution in [-0.2, 0) is 14.3 Å². The Morgan fingerprint density at radius 2 is 1.56 bits per heavy atom. The quantitative estimate of drug-likeness (QED) is 0.640. The van der Waals surface area contributed by atoms with Crippen LogP contribution in [0.2, 0.25) is 0 Å². The van der Waals surface area contributed by atoms with E-state index in [1.165, 1.54) is 53.4 Å². The van der Waals surface area contributed by atoms with Crippen molar-refractivity contribution in [3.63, 3.8) is 0 Å². The Balaban J connectivity index is 1.58. The zero-order chi connectivity index (χ0) is 22.7. The smallest absolute Gasteiger partial charge is 0.257 e. The summed E-state index contributed by atoms with van der Waals surface area (Å²) in [6.45, 7) is 3.31. The molecule has 7 nitrogen and oxygen atoms in total. The molecule has 0 aliphatic carbocycles. The first-order chi connectivity index (χ1) is 15.4. The van der Waals surface area contributed by atoms with Crippen LogP contribution in [0.3, 0.4) is 0 Å². The summed E-state index contributed by atoms with van der Waals surface area (Å²) in [5.41, 5.74) is 0.486. The molecule has 3 amide bonds. The second-order valence-corrected chi connectivity index (χ2v) is 7.72. The topological polar surface area (TPSA) is 70.2 Å². The van der Waals surface area contributed by atoms with E-state index in [4.69, 9.17) is 4.74 Å². The number of morpholine rings is 1. The van der Waals surface area contributed by atoms with Crippen molar-refractivity contribution in [2.45, 2.75) is 12.5 Å². The third-order valence-electron chi connectivity index (χ3n) is 5.70. The summed E-state index contributed by atoms with van der Waals surface area (Å²) < 4.78 is 32.0. The highest BCUT2D eigenvalue weighted by Crippen LogP contribution is 2.27. The fourth-order valence-electron chi connectivity index (χ4n) is 3.95. The molecule has 0 spiro atoms. The lowest BCUT2D eigenvalue weighted by Gasteiger charge is -2.32. The first-order valence-corrected chi connectivity index (χ1v) is 10.4. The fourth-order valence-corrected chi connectivity index (χ4v) is 3.95. The first-order valence-electron chi connectivity index (χ1n) is 10.4. The number of imide groups is 1. The Hall–Kier alpha value is -3.17. The van der Waals surface area contributed by atoms with Crippen LogP contribution in [0.4, 0.5) is 14.5 Å². The van der Waals surface area contributed by atoms with E-state index in [2.05, 4.69) is 4.90 Å². The van der Waals surface area contributed by atoms with Gasteiger partial charge in [0.2, 0.25) is 5.91 Å². The monoisotopic (exact) mass is 443 g/mol. The van der Waals surface area contributed by atoms with Crippen molar-refractivity contribution < 1.29 is 27.9 Å². The molecule has 0 radical (unpaired) electrons. The lowest BCUT2D eigenvalue weighted by molar-refractivity contribution is -0.122. The normalized spacial score (nSPS) is 19.4. The summed E-state index contributed by atoms with van der Waals surface area (Å²) in [5, 5.41) is 0. The van der Waals surface area contributed by atoms with Gasteiger partial charge in [0.25, 0.3) is 11.8 Å². The van der Waals surface area contributed by atoms with Crippen LogP contribution in [0.5, 0.6) is 0 Å². The number of halogens is 2. The SMILES string of the molecule is O=C1CC(N(CCN2CCOCC2)C(=O)c2ccc(F)cc2)C(=O)N1c1ccc(F)cc1. The minimum absolute atomic E-state index is 0.174. The van der Waals surface area contributed by atoms with Gasteiger partial charge in [0.1, 0.15) is 17.7 Å². The average Bonchev–Trinajstić information content (AvgIpc) is 3.09. The van der Waals surface area contributed by atoms with E-state index in [-0.39, 0.29) is 24.2 Å². The molecule has 32 heavy (non-hydrogen) atoms. The standard InChI is InChI=1S/C23H23F2N3O4/c24-17-3-1-16(2-4-17)22(30)27(10-9-26-11-13-32-14-12-26)20-15-21(29)28(23(20)31)19-7-5-18(25)6-8-19/h1-8,20H,9-15H2. The van der Waals surface area contributed by atoms with E-state index in [0.29, 0.717) is 32.8 Å². The molecule has 1 unspecified atom stereocenters. The van der Waals surface area contributed by atoms with Crippen molar-refractivity contribution in [3.8, 4) is 0 Å². The van der Waals surface area contributed by atoms with Crippen molar-refractivity contribution in [3.05, 3.63) is 65.7 Å². The van der Waals surface area contributed by atoms with Gasteiger partial charge in [0.05, 0.1) is 25.3 Å². The minimum Gasteiger partial charge on any atom is -0.379 e. The summed E-state index contributed by atoms with van der Waals surface area (Å²) in [7, 11) is 0. The highest BCUT2D eigenvalue weighted by molar-refractivity contribution is 6.23. The van der Waals surface area contributed by atoms with Crippen molar-refractivity contribution in [1.29, 1.82) is 0 Å². The minimum atomic E-state index is -0.994. The number of ether oxygens (including phenoxy) is 1. The van der Waals surface area contributed by atoms with Crippen LogP contribution in [0, 0.1) is 11.6 Å². The fraction of sp³-hybridized carbons (Fsp3) is 0.348. The summed E-state index contributed by atoms with van der Waals surface area (Å²) in [4.78, 5) is 43.7. The summed E-state index contributed by atoms with van der Waals surface area (Å²) in [6, 6.07) is 9.13. The van der Waals surface area contributed by atoms with Gasteiger partial charge in [-0.25, -0.2) is 13.7 Å². The second kappa shape index (κ2) is 9.54. The largest absolute Gasteiger partial charge is 0.379 e. The molecule has 1 atom stereocenters. The zero-order valence-electron chi connectivity index (χ0n) is 17.4. The predicted octanol–water partition coefficient (Wildman–Crippen LogP) is 2.07. The summed E-state index contributed by atoms with van der Waals surface area (Å²) in [6.07, 6.45) is -0.174. The van der Waals surface area contributed by atoms with E-state index in [1.54, 1.807) is 0 Å². The van der Waals surface area contributed by atoms with Crippen LogP contribution in [0.25, 0.3) is 0 Å². The molecule has 4 rings (SSSR count). The summed E-state index contributed by atoms with van der Waals surface area (Å²) >= 11 is 0. The van der Waals surface area contributed by atoms with Gasteiger partial charge in [-0.1, -0.05) is 0 Å². The van der Waals surface area contributed by atoms with Gasteiger partial charge < -0.3 is 9.64 Å². The number of rotatable bonds is 6. The second-order valence-electron chi connectivity index (χ2n) is 7.72. The average molecular weight is 443 g/mol. The summed E-state index contributed by atoms with van der Waals surface area (Å²) in [5.74, 6) is -2.42. The van der Waals surface area contributed by atoms with Gasteiger partial charge in [0.15, 0.2) is 0 Å². The molecule has 9 heteroatoms. The zero-order valence-corrected chi connectivity index (χ0v) is 17.4. The molecule has 2 heterocycles. The molecule has 2 aromatic carbocycles. The number of anilines is 1. The molecule has 0 N–H and O–H groups in total. The van der Waals surface area contributed by atoms with E-state index < -0.39 is 35.4 Å². The first kappa shape index (κ1) is 22.0. The number of hydrogen-bond donors (Lipinski definition) is 0. The lowest BCUT2D eigenvalue weighted by Crippen LogP contribution is -2.49. The molecule has 0 saturated carbocycles. The molecule has 2 aliphatic heterocycles.